The van der Waals surface area contributed by atoms with Crippen molar-refractivity contribution < 1.29 is 27.6 Å². The van der Waals surface area contributed by atoms with E-state index in [1.54, 1.807) is 6.92 Å². The fraction of sp³-hybridized carbons (Fsp3) is 0.538. The van der Waals surface area contributed by atoms with Gasteiger partial charge in [0.2, 0.25) is 17.7 Å². The number of piperidine rings is 1. The molecule has 3 N–H and O–H groups in total. The molecule has 38 heavy (non-hydrogen) atoms. The zero-order valence-corrected chi connectivity index (χ0v) is 21.4. The van der Waals surface area contributed by atoms with Gasteiger partial charge in [0.15, 0.2) is 0 Å². The minimum Gasteiger partial charge on any atom is -0.356 e. The predicted octanol–water partition coefficient (Wildman–Crippen LogP) is 3.68. The van der Waals surface area contributed by atoms with Crippen molar-refractivity contribution >= 4 is 40.2 Å². The monoisotopic (exact) mass is 549 g/mol. The predicted molar refractivity (Wildman–Crippen MR) is 132 cm³/mol. The summed E-state index contributed by atoms with van der Waals surface area (Å²) >= 11 is 6.30. The number of hydrogen-bond donors (Lipinski definition) is 3. The molecule has 2 saturated heterocycles. The van der Waals surface area contributed by atoms with E-state index in [1.807, 2.05) is 6.07 Å². The van der Waals surface area contributed by atoms with Gasteiger partial charge in [-0.05, 0) is 55.7 Å². The average molecular weight is 550 g/mol. The number of nitrogens with one attached hydrogen (secondary N) is 3. The Kier molecular flexibility index (Phi) is 6.80. The molecule has 1 aromatic heterocycles. The van der Waals surface area contributed by atoms with Gasteiger partial charge in [-0.25, -0.2) is 13.2 Å². The van der Waals surface area contributed by atoms with Crippen LogP contribution in [-0.4, -0.2) is 58.7 Å². The van der Waals surface area contributed by atoms with Crippen LogP contribution in [-0.2, 0) is 9.59 Å². The summed E-state index contributed by atoms with van der Waals surface area (Å²) in [6.45, 7) is 2.10. The molecule has 3 aliphatic rings. The maximum Gasteiger partial charge on any atom is 0.271 e. The fourth-order valence-corrected chi connectivity index (χ4v) is 6.41. The number of benzene rings is 1. The Morgan fingerprint density at radius 2 is 2.11 bits per heavy atom. The van der Waals surface area contributed by atoms with Crippen LogP contribution in [0.2, 0.25) is 5.02 Å². The van der Waals surface area contributed by atoms with Crippen molar-refractivity contribution in [2.24, 2.45) is 17.8 Å². The van der Waals surface area contributed by atoms with E-state index >= 15 is 0 Å². The summed E-state index contributed by atoms with van der Waals surface area (Å²) < 4.78 is 43.2. The van der Waals surface area contributed by atoms with Crippen molar-refractivity contribution in [3.63, 3.8) is 0 Å². The average Bonchev–Trinajstić information content (AvgIpc) is 3.53. The molecule has 5 atom stereocenters. The smallest absolute Gasteiger partial charge is 0.271 e. The number of alkyl halides is 2. The minimum atomic E-state index is -2.97. The molecular formula is C26H27ClF3N5O3. The highest BCUT2D eigenvalue weighted by atomic mass is 35.5. The van der Waals surface area contributed by atoms with E-state index in [0.717, 1.165) is 6.42 Å². The summed E-state index contributed by atoms with van der Waals surface area (Å²) in [6, 6.07) is 2.26. The van der Waals surface area contributed by atoms with Gasteiger partial charge in [-0.15, -0.1) is 0 Å². The number of hydrogen-bond acceptors (Lipinski definition) is 4. The van der Waals surface area contributed by atoms with Gasteiger partial charge in [0.1, 0.15) is 23.6 Å². The molecule has 3 amide bonds. The number of fused-ring (bicyclic) bond motifs is 2. The minimum absolute atomic E-state index is 0.0216. The summed E-state index contributed by atoms with van der Waals surface area (Å²) in [5, 5.41) is 15.3. The second-order valence-corrected chi connectivity index (χ2v) is 11.0. The molecule has 0 unspecified atom stereocenters. The molecule has 0 bridgehead atoms. The molecule has 12 heteroatoms. The third kappa shape index (κ3) is 4.70. The molecule has 8 nitrogen and oxygen atoms in total. The standard InChI is InChI=1S/C26H27ClF3N5O3/c1-12-5-18(28)16-7-19(34-21(16)20(12)27)25(38)35-11-14-8-26(29,30)9-17(14)22(35)24(37)33-15(10-31)6-13-3-2-4-32-23(13)36/h5,7,13-15,17,22,34H,2-4,6,8-9,11H2,1H3,(H,32,36)(H,33,37)/t13-,14-,15-,17-,22+/m1/s1. The number of aromatic amines is 1. The van der Waals surface area contributed by atoms with Crippen LogP contribution in [0.4, 0.5) is 13.2 Å². The van der Waals surface area contributed by atoms with Crippen molar-refractivity contribution in [3.8, 4) is 6.07 Å². The Morgan fingerprint density at radius 3 is 2.82 bits per heavy atom. The maximum atomic E-state index is 14.6. The molecule has 3 heterocycles. The van der Waals surface area contributed by atoms with Crippen LogP contribution in [0.25, 0.3) is 10.9 Å². The van der Waals surface area contributed by atoms with E-state index in [4.69, 9.17) is 11.6 Å². The molecule has 2 aromatic rings. The highest BCUT2D eigenvalue weighted by molar-refractivity contribution is 6.36. The second-order valence-electron chi connectivity index (χ2n) is 10.6. The number of likely N-dealkylation sites (tertiary alicyclic amines) is 1. The molecule has 1 aromatic carbocycles. The number of nitriles is 1. The second kappa shape index (κ2) is 9.80. The lowest BCUT2D eigenvalue weighted by atomic mass is 9.90. The zero-order chi connectivity index (χ0) is 27.4. The van der Waals surface area contributed by atoms with Crippen molar-refractivity contribution in [1.29, 1.82) is 5.26 Å². The van der Waals surface area contributed by atoms with Gasteiger partial charge in [-0.3, -0.25) is 14.4 Å². The molecule has 1 aliphatic carbocycles. The number of aromatic nitrogens is 1. The number of nitrogens with zero attached hydrogens (tertiary/aromatic N) is 2. The summed E-state index contributed by atoms with van der Waals surface area (Å²) in [5.41, 5.74) is 0.684. The third-order valence-electron chi connectivity index (χ3n) is 8.01. The summed E-state index contributed by atoms with van der Waals surface area (Å²) in [6.07, 6.45) is 0.387. The third-order valence-corrected chi connectivity index (χ3v) is 8.50. The zero-order valence-electron chi connectivity index (χ0n) is 20.6. The Hall–Kier alpha value is -3.26. The number of halogens is 4. The van der Waals surface area contributed by atoms with Gasteiger partial charge in [0.25, 0.3) is 5.91 Å². The van der Waals surface area contributed by atoms with Crippen LogP contribution in [0, 0.1) is 41.8 Å². The molecule has 0 spiro atoms. The van der Waals surface area contributed by atoms with Crippen LogP contribution in [0.3, 0.4) is 0 Å². The summed E-state index contributed by atoms with van der Waals surface area (Å²) in [5.74, 6) is -6.97. The lowest BCUT2D eigenvalue weighted by Crippen LogP contribution is -2.52. The number of aryl methyl sites for hydroxylation is 1. The van der Waals surface area contributed by atoms with Crippen LogP contribution >= 0.6 is 11.6 Å². The van der Waals surface area contributed by atoms with Crippen molar-refractivity contribution in [1.82, 2.24) is 20.5 Å². The first kappa shape index (κ1) is 26.4. The lowest BCUT2D eigenvalue weighted by Gasteiger charge is -2.29. The number of amides is 3. The maximum absolute atomic E-state index is 14.6. The SMILES string of the molecule is Cc1cc(F)c2cc(C(=O)N3C[C@H]4CC(F)(F)C[C@H]4[C@H]3C(=O)N[C@@H](C#N)C[C@H]3CCCNC3=O)[nH]c2c1Cl. The number of carbonyl (C=O) groups is 3. The molecule has 202 valence electrons. The molecule has 3 fully saturated rings. The molecule has 0 radical (unpaired) electrons. The van der Waals surface area contributed by atoms with Gasteiger partial charge in [-0.1, -0.05) is 11.6 Å². The largest absolute Gasteiger partial charge is 0.356 e. The Balaban J connectivity index is 1.41. The van der Waals surface area contributed by atoms with E-state index in [1.165, 1.54) is 17.0 Å². The Labute approximate surface area is 221 Å². The lowest BCUT2D eigenvalue weighted by molar-refractivity contribution is -0.129. The van der Waals surface area contributed by atoms with Crippen LogP contribution < -0.4 is 10.6 Å². The number of rotatable bonds is 5. The van der Waals surface area contributed by atoms with Gasteiger partial charge in [0.05, 0.1) is 16.6 Å². The summed E-state index contributed by atoms with van der Waals surface area (Å²) in [4.78, 5) is 43.3. The van der Waals surface area contributed by atoms with Crippen molar-refractivity contribution in [2.45, 2.75) is 57.0 Å². The summed E-state index contributed by atoms with van der Waals surface area (Å²) in [7, 11) is 0. The van der Waals surface area contributed by atoms with Crippen LogP contribution in [0.5, 0.6) is 0 Å². The number of H-pyrrole nitrogens is 1. The van der Waals surface area contributed by atoms with E-state index in [9.17, 15) is 32.8 Å². The van der Waals surface area contributed by atoms with Gasteiger partial charge < -0.3 is 20.5 Å². The quantitative estimate of drug-likeness (QED) is 0.527. The van der Waals surface area contributed by atoms with Crippen LogP contribution in [0.1, 0.15) is 48.2 Å². The van der Waals surface area contributed by atoms with Crippen molar-refractivity contribution in [3.05, 3.63) is 34.2 Å². The fourth-order valence-electron chi connectivity index (χ4n) is 6.20. The Bertz CT molecular complexity index is 1360. The molecule has 2 aliphatic heterocycles. The van der Waals surface area contributed by atoms with Gasteiger partial charge in [-0.2, -0.15) is 5.26 Å². The normalized spacial score (nSPS) is 27.1. The first-order chi connectivity index (χ1) is 18.0. The number of carbonyl (C=O) groups excluding carboxylic acids is 3. The highest BCUT2D eigenvalue weighted by Crippen LogP contribution is 2.50. The van der Waals surface area contributed by atoms with E-state index < -0.39 is 66.2 Å². The molecule has 5 rings (SSSR count). The van der Waals surface area contributed by atoms with Crippen LogP contribution in [0.15, 0.2) is 12.1 Å². The first-order valence-corrected chi connectivity index (χ1v) is 13.0. The van der Waals surface area contributed by atoms with Gasteiger partial charge >= 0.3 is 0 Å². The molecule has 1 saturated carbocycles. The Morgan fingerprint density at radius 1 is 1.34 bits per heavy atom. The topological polar surface area (TPSA) is 118 Å². The van der Waals surface area contributed by atoms with E-state index in [-0.39, 0.29) is 40.5 Å². The van der Waals surface area contributed by atoms with Crippen molar-refractivity contribution in [2.75, 3.05) is 13.1 Å². The highest BCUT2D eigenvalue weighted by Gasteiger charge is 2.58. The first-order valence-electron chi connectivity index (χ1n) is 12.6. The van der Waals surface area contributed by atoms with E-state index in [2.05, 4.69) is 15.6 Å². The van der Waals surface area contributed by atoms with Gasteiger partial charge in [0, 0.05) is 37.2 Å². The molecular weight excluding hydrogens is 523 g/mol. The van der Waals surface area contributed by atoms with E-state index in [0.29, 0.717) is 18.5 Å².